The van der Waals surface area contributed by atoms with Crippen LogP contribution in [0, 0.1) is 17.6 Å². The minimum Gasteiger partial charge on any atom is -0.349 e. The van der Waals surface area contributed by atoms with Gasteiger partial charge < -0.3 is 10.6 Å². The van der Waals surface area contributed by atoms with Crippen molar-refractivity contribution in [1.29, 1.82) is 0 Å². The summed E-state index contributed by atoms with van der Waals surface area (Å²) in [6, 6.07) is 3.62. The Labute approximate surface area is 105 Å². The molecule has 1 aliphatic heterocycles. The molecule has 1 fully saturated rings. The highest BCUT2D eigenvalue weighted by molar-refractivity contribution is 5.94. The number of benzene rings is 1. The molecule has 0 saturated carbocycles. The van der Waals surface area contributed by atoms with E-state index in [1.54, 1.807) is 0 Å². The van der Waals surface area contributed by atoms with Gasteiger partial charge in [-0.25, -0.2) is 8.78 Å². The number of piperidine rings is 1. The Morgan fingerprint density at radius 2 is 2.22 bits per heavy atom. The van der Waals surface area contributed by atoms with Crippen molar-refractivity contribution < 1.29 is 13.6 Å². The van der Waals surface area contributed by atoms with Crippen LogP contribution in [0.15, 0.2) is 18.2 Å². The van der Waals surface area contributed by atoms with Crippen LogP contribution in [0.2, 0.25) is 0 Å². The molecule has 2 rings (SSSR count). The molecule has 1 aromatic rings. The smallest absolute Gasteiger partial charge is 0.254 e. The molecule has 1 aromatic carbocycles. The summed E-state index contributed by atoms with van der Waals surface area (Å²) >= 11 is 0. The zero-order valence-electron chi connectivity index (χ0n) is 10.2. The maximum absolute atomic E-state index is 13.5. The number of nitrogens with one attached hydrogen (secondary N) is 2. The number of rotatable bonds is 2. The molecule has 3 nitrogen and oxygen atoms in total. The van der Waals surface area contributed by atoms with E-state index in [9.17, 15) is 13.6 Å². The largest absolute Gasteiger partial charge is 0.349 e. The number of hydrogen-bond donors (Lipinski definition) is 2. The van der Waals surface area contributed by atoms with E-state index >= 15 is 0 Å². The van der Waals surface area contributed by atoms with Crippen molar-refractivity contribution in [2.24, 2.45) is 5.92 Å². The zero-order chi connectivity index (χ0) is 13.1. The van der Waals surface area contributed by atoms with E-state index in [1.165, 1.54) is 12.1 Å². The van der Waals surface area contributed by atoms with Crippen molar-refractivity contribution in [1.82, 2.24) is 10.6 Å². The Balaban J connectivity index is 2.09. The maximum Gasteiger partial charge on any atom is 0.254 e. The molecule has 1 aliphatic rings. The number of hydrogen-bond acceptors (Lipinski definition) is 2. The van der Waals surface area contributed by atoms with Crippen LogP contribution in [0.3, 0.4) is 0 Å². The lowest BCUT2D eigenvalue weighted by Crippen LogP contribution is -2.48. The molecule has 0 unspecified atom stereocenters. The third-order valence-electron chi connectivity index (χ3n) is 3.30. The Kier molecular flexibility index (Phi) is 3.91. The van der Waals surface area contributed by atoms with E-state index in [0.29, 0.717) is 0 Å². The van der Waals surface area contributed by atoms with Gasteiger partial charge in [0.2, 0.25) is 0 Å². The third-order valence-corrected chi connectivity index (χ3v) is 3.30. The first-order valence-electron chi connectivity index (χ1n) is 6.05. The zero-order valence-corrected chi connectivity index (χ0v) is 10.2. The number of carbonyl (C=O) groups excluding carboxylic acids is 1. The van der Waals surface area contributed by atoms with Crippen LogP contribution < -0.4 is 10.6 Å². The number of amides is 1. The van der Waals surface area contributed by atoms with Gasteiger partial charge in [-0.2, -0.15) is 0 Å². The summed E-state index contributed by atoms with van der Waals surface area (Å²) in [4.78, 5) is 11.9. The summed E-state index contributed by atoms with van der Waals surface area (Å²) in [7, 11) is 0. The molecule has 0 aliphatic carbocycles. The maximum atomic E-state index is 13.5. The summed E-state index contributed by atoms with van der Waals surface area (Å²) in [5, 5.41) is 5.98. The molecule has 0 spiro atoms. The van der Waals surface area contributed by atoms with E-state index in [1.807, 2.05) is 6.92 Å². The molecular weight excluding hydrogens is 238 g/mol. The summed E-state index contributed by atoms with van der Waals surface area (Å²) in [6.45, 7) is 3.65. The van der Waals surface area contributed by atoms with E-state index in [-0.39, 0.29) is 17.5 Å². The van der Waals surface area contributed by atoms with Crippen molar-refractivity contribution >= 4 is 5.91 Å². The SMILES string of the molecule is C[C@H]1CNCC[C@@H]1NC(=O)c1cccc(F)c1F. The standard InChI is InChI=1S/C13H16F2N2O/c1-8-7-16-6-5-11(8)17-13(18)9-3-2-4-10(14)12(9)15/h2-4,8,11,16H,5-7H2,1H3,(H,17,18)/t8-,11-/m0/s1. The molecule has 0 radical (unpaired) electrons. The van der Waals surface area contributed by atoms with Crippen molar-refractivity contribution in [3.8, 4) is 0 Å². The molecule has 1 heterocycles. The summed E-state index contributed by atoms with van der Waals surface area (Å²) in [5.41, 5.74) is -0.235. The predicted octanol–water partition coefficient (Wildman–Crippen LogP) is 1.69. The van der Waals surface area contributed by atoms with Crippen molar-refractivity contribution in [3.63, 3.8) is 0 Å². The lowest BCUT2D eigenvalue weighted by molar-refractivity contribution is 0.0909. The first kappa shape index (κ1) is 13.0. The summed E-state index contributed by atoms with van der Waals surface area (Å²) < 4.78 is 26.5. The molecule has 1 saturated heterocycles. The van der Waals surface area contributed by atoms with Crippen molar-refractivity contribution in [3.05, 3.63) is 35.4 Å². The van der Waals surface area contributed by atoms with Gasteiger partial charge in [0, 0.05) is 6.04 Å². The minimum absolute atomic E-state index is 0.00131. The highest BCUT2D eigenvalue weighted by Gasteiger charge is 2.24. The van der Waals surface area contributed by atoms with Gasteiger partial charge in [-0.05, 0) is 37.6 Å². The van der Waals surface area contributed by atoms with Gasteiger partial charge in [0.25, 0.3) is 5.91 Å². The van der Waals surface area contributed by atoms with Crippen LogP contribution in [0.5, 0.6) is 0 Å². The quantitative estimate of drug-likeness (QED) is 0.843. The number of carbonyl (C=O) groups is 1. The Morgan fingerprint density at radius 1 is 1.44 bits per heavy atom. The molecule has 18 heavy (non-hydrogen) atoms. The molecule has 98 valence electrons. The fraction of sp³-hybridized carbons (Fsp3) is 0.462. The average Bonchev–Trinajstić information content (AvgIpc) is 2.35. The summed E-state index contributed by atoms with van der Waals surface area (Å²) in [6.07, 6.45) is 0.795. The second kappa shape index (κ2) is 5.44. The second-order valence-corrected chi connectivity index (χ2v) is 4.65. The first-order chi connectivity index (χ1) is 8.59. The second-order valence-electron chi connectivity index (χ2n) is 4.65. The molecule has 0 aromatic heterocycles. The lowest BCUT2D eigenvalue weighted by atomic mass is 9.95. The van der Waals surface area contributed by atoms with Crippen LogP contribution in [-0.4, -0.2) is 25.0 Å². The fourth-order valence-corrected chi connectivity index (χ4v) is 2.15. The normalized spacial score (nSPS) is 23.7. The van der Waals surface area contributed by atoms with Crippen molar-refractivity contribution in [2.45, 2.75) is 19.4 Å². The Hall–Kier alpha value is -1.49. The molecule has 2 atom stereocenters. The van der Waals surface area contributed by atoms with E-state index in [4.69, 9.17) is 0 Å². The lowest BCUT2D eigenvalue weighted by Gasteiger charge is -2.30. The highest BCUT2D eigenvalue weighted by Crippen LogP contribution is 2.14. The van der Waals surface area contributed by atoms with Gasteiger partial charge in [0.05, 0.1) is 5.56 Å². The topological polar surface area (TPSA) is 41.1 Å². The number of halogens is 2. The average molecular weight is 254 g/mol. The van der Waals surface area contributed by atoms with Gasteiger partial charge in [0.15, 0.2) is 11.6 Å². The Morgan fingerprint density at radius 3 is 2.94 bits per heavy atom. The highest BCUT2D eigenvalue weighted by atomic mass is 19.2. The van der Waals surface area contributed by atoms with Crippen LogP contribution in [0.25, 0.3) is 0 Å². The minimum atomic E-state index is -1.09. The van der Waals surface area contributed by atoms with Gasteiger partial charge in [0.1, 0.15) is 0 Å². The molecule has 1 amide bonds. The molecule has 0 bridgehead atoms. The fourth-order valence-electron chi connectivity index (χ4n) is 2.15. The van der Waals surface area contributed by atoms with Gasteiger partial charge in [-0.1, -0.05) is 13.0 Å². The van der Waals surface area contributed by atoms with Gasteiger partial charge >= 0.3 is 0 Å². The molecule has 5 heteroatoms. The summed E-state index contributed by atoms with van der Waals surface area (Å²) in [5.74, 6) is -2.36. The monoisotopic (exact) mass is 254 g/mol. The van der Waals surface area contributed by atoms with Crippen molar-refractivity contribution in [2.75, 3.05) is 13.1 Å². The van der Waals surface area contributed by atoms with Crippen LogP contribution >= 0.6 is 0 Å². The predicted molar refractivity (Wildman–Crippen MR) is 64.3 cm³/mol. The van der Waals surface area contributed by atoms with Gasteiger partial charge in [-0.3, -0.25) is 4.79 Å². The van der Waals surface area contributed by atoms with Gasteiger partial charge in [-0.15, -0.1) is 0 Å². The van der Waals surface area contributed by atoms with E-state index < -0.39 is 17.5 Å². The third kappa shape index (κ3) is 2.67. The van der Waals surface area contributed by atoms with E-state index in [2.05, 4.69) is 10.6 Å². The molecular formula is C13H16F2N2O. The van der Waals surface area contributed by atoms with E-state index in [0.717, 1.165) is 25.6 Å². The van der Waals surface area contributed by atoms with Crippen LogP contribution in [0.4, 0.5) is 8.78 Å². The van der Waals surface area contributed by atoms with Crippen LogP contribution in [0.1, 0.15) is 23.7 Å². The molecule has 2 N–H and O–H groups in total. The first-order valence-corrected chi connectivity index (χ1v) is 6.05. The van der Waals surface area contributed by atoms with Crippen LogP contribution in [-0.2, 0) is 0 Å². The Bertz CT molecular complexity index is 451.